The maximum Gasteiger partial charge on any atom is 0.271 e. The average molecular weight is 234 g/mol. The molecule has 3 rings (SSSR count). The van der Waals surface area contributed by atoms with E-state index in [0.717, 1.165) is 41.8 Å². The molecule has 0 atom stereocenters. The number of rotatable bonds is 0. The van der Waals surface area contributed by atoms with E-state index in [9.17, 15) is 4.79 Å². The van der Waals surface area contributed by atoms with Crippen LogP contribution in [0.5, 0.6) is 0 Å². The van der Waals surface area contributed by atoms with Gasteiger partial charge in [0.05, 0.1) is 5.52 Å². The molecule has 84 valence electrons. The van der Waals surface area contributed by atoms with E-state index < -0.39 is 0 Å². The number of thiophene rings is 1. The Balaban J connectivity index is 2.44. The molecule has 1 aliphatic rings. The monoisotopic (exact) mass is 234 g/mol. The van der Waals surface area contributed by atoms with Gasteiger partial charge in [0, 0.05) is 17.8 Å². The minimum Gasteiger partial charge on any atom is -0.295 e. The molecule has 0 N–H and O–H groups in total. The van der Waals surface area contributed by atoms with Gasteiger partial charge in [0.25, 0.3) is 5.56 Å². The van der Waals surface area contributed by atoms with E-state index in [4.69, 9.17) is 0 Å². The van der Waals surface area contributed by atoms with Crippen LogP contribution in [0.25, 0.3) is 10.2 Å². The van der Waals surface area contributed by atoms with Crippen molar-refractivity contribution >= 4 is 21.6 Å². The number of aryl methyl sites for hydroxylation is 3. The highest BCUT2D eigenvalue weighted by Gasteiger charge is 2.17. The highest BCUT2D eigenvalue weighted by molar-refractivity contribution is 7.19. The third-order valence-corrected chi connectivity index (χ3v) is 4.56. The van der Waals surface area contributed by atoms with Crippen molar-refractivity contribution in [1.82, 2.24) is 9.55 Å². The van der Waals surface area contributed by atoms with Crippen LogP contribution in [-0.4, -0.2) is 9.55 Å². The van der Waals surface area contributed by atoms with E-state index in [1.807, 2.05) is 4.57 Å². The minimum absolute atomic E-state index is 0.168. The van der Waals surface area contributed by atoms with Gasteiger partial charge in [-0.3, -0.25) is 9.36 Å². The maximum atomic E-state index is 12.3. The zero-order valence-corrected chi connectivity index (χ0v) is 10.4. The van der Waals surface area contributed by atoms with Gasteiger partial charge >= 0.3 is 0 Å². The van der Waals surface area contributed by atoms with Crippen molar-refractivity contribution in [3.05, 3.63) is 26.6 Å². The summed E-state index contributed by atoms with van der Waals surface area (Å²) in [6.07, 6.45) is 3.20. The first-order chi connectivity index (χ1) is 7.68. The molecule has 0 saturated carbocycles. The zero-order valence-electron chi connectivity index (χ0n) is 9.54. The Morgan fingerprint density at radius 3 is 2.94 bits per heavy atom. The summed E-state index contributed by atoms with van der Waals surface area (Å²) in [5, 5.41) is 0. The Hall–Kier alpha value is -1.16. The molecule has 2 aromatic heterocycles. The highest BCUT2D eigenvalue weighted by atomic mass is 32.1. The number of aromatic nitrogens is 2. The smallest absolute Gasteiger partial charge is 0.271 e. The van der Waals surface area contributed by atoms with E-state index in [1.165, 1.54) is 10.4 Å². The van der Waals surface area contributed by atoms with Crippen molar-refractivity contribution in [2.24, 2.45) is 0 Å². The summed E-state index contributed by atoms with van der Waals surface area (Å²) in [5.41, 5.74) is 2.27. The predicted molar refractivity (Wildman–Crippen MR) is 66.3 cm³/mol. The zero-order chi connectivity index (χ0) is 11.3. The Bertz CT molecular complexity index is 624. The quantitative estimate of drug-likeness (QED) is 0.701. The summed E-state index contributed by atoms with van der Waals surface area (Å²) in [6, 6.07) is 0. The number of fused-ring (bicyclic) bond motifs is 2. The number of hydrogen-bond acceptors (Lipinski definition) is 3. The molecule has 4 heteroatoms. The van der Waals surface area contributed by atoms with E-state index in [0.29, 0.717) is 0 Å². The molecular weight excluding hydrogens is 220 g/mol. The van der Waals surface area contributed by atoms with Gasteiger partial charge in [0.2, 0.25) is 0 Å². The summed E-state index contributed by atoms with van der Waals surface area (Å²) < 4.78 is 2.70. The standard InChI is InChI=1S/C12H14N2OS/c1-7-8(2)16-11-10(7)13-9-5-3-4-6-14(9)12(11)15/h3-6H2,1-2H3. The molecule has 0 bridgehead atoms. The second-order valence-corrected chi connectivity index (χ2v) is 5.63. The average Bonchev–Trinajstić information content (AvgIpc) is 2.58. The largest absolute Gasteiger partial charge is 0.295 e. The second-order valence-electron chi connectivity index (χ2n) is 4.40. The van der Waals surface area contributed by atoms with Crippen molar-refractivity contribution in [3.8, 4) is 0 Å². The summed E-state index contributed by atoms with van der Waals surface area (Å²) >= 11 is 1.58. The molecule has 0 saturated heterocycles. The van der Waals surface area contributed by atoms with Gasteiger partial charge in [-0.2, -0.15) is 0 Å². The Morgan fingerprint density at radius 1 is 1.31 bits per heavy atom. The lowest BCUT2D eigenvalue weighted by molar-refractivity contribution is 0.501. The van der Waals surface area contributed by atoms with Crippen molar-refractivity contribution in [2.45, 2.75) is 39.7 Å². The fraction of sp³-hybridized carbons (Fsp3) is 0.500. The van der Waals surface area contributed by atoms with Crippen LogP contribution in [-0.2, 0) is 13.0 Å². The molecule has 3 nitrogen and oxygen atoms in total. The molecule has 0 aliphatic carbocycles. The Morgan fingerprint density at radius 2 is 2.12 bits per heavy atom. The molecule has 16 heavy (non-hydrogen) atoms. The fourth-order valence-electron chi connectivity index (χ4n) is 2.30. The van der Waals surface area contributed by atoms with Gasteiger partial charge in [-0.05, 0) is 32.3 Å². The molecule has 0 amide bonds. The van der Waals surface area contributed by atoms with Crippen LogP contribution in [0.2, 0.25) is 0 Å². The molecular formula is C12H14N2OS. The van der Waals surface area contributed by atoms with E-state index >= 15 is 0 Å². The molecule has 0 fully saturated rings. The molecule has 1 aliphatic heterocycles. The lowest BCUT2D eigenvalue weighted by Crippen LogP contribution is -2.27. The predicted octanol–water partition coefficient (Wildman–Crippen LogP) is 2.41. The van der Waals surface area contributed by atoms with Crippen LogP contribution in [0.1, 0.15) is 29.1 Å². The van der Waals surface area contributed by atoms with Gasteiger partial charge in [-0.25, -0.2) is 4.98 Å². The van der Waals surface area contributed by atoms with E-state index in [1.54, 1.807) is 11.3 Å². The van der Waals surface area contributed by atoms with Gasteiger partial charge < -0.3 is 0 Å². The van der Waals surface area contributed by atoms with E-state index in [-0.39, 0.29) is 5.56 Å². The number of hydrogen-bond donors (Lipinski definition) is 0. The van der Waals surface area contributed by atoms with Crippen LogP contribution < -0.4 is 5.56 Å². The summed E-state index contributed by atoms with van der Waals surface area (Å²) in [4.78, 5) is 18.2. The van der Waals surface area contributed by atoms with Crippen molar-refractivity contribution in [2.75, 3.05) is 0 Å². The topological polar surface area (TPSA) is 34.9 Å². The minimum atomic E-state index is 0.168. The lowest BCUT2D eigenvalue weighted by Gasteiger charge is -2.16. The first-order valence-corrected chi connectivity index (χ1v) is 6.49. The first kappa shape index (κ1) is 10.0. The van der Waals surface area contributed by atoms with Crippen LogP contribution >= 0.6 is 11.3 Å². The normalized spacial score (nSPS) is 15.4. The Kier molecular flexibility index (Phi) is 2.14. The van der Waals surface area contributed by atoms with Crippen LogP contribution in [0.4, 0.5) is 0 Å². The summed E-state index contributed by atoms with van der Waals surface area (Å²) in [5.74, 6) is 0.977. The molecule has 3 heterocycles. The first-order valence-electron chi connectivity index (χ1n) is 5.68. The third kappa shape index (κ3) is 1.26. The van der Waals surface area contributed by atoms with Gasteiger partial charge in [-0.15, -0.1) is 11.3 Å². The van der Waals surface area contributed by atoms with Gasteiger partial charge in [0.15, 0.2) is 0 Å². The third-order valence-electron chi connectivity index (χ3n) is 3.38. The van der Waals surface area contributed by atoms with Crippen LogP contribution in [0.15, 0.2) is 4.79 Å². The fourth-order valence-corrected chi connectivity index (χ4v) is 3.35. The summed E-state index contributed by atoms with van der Waals surface area (Å²) in [6.45, 7) is 4.96. The van der Waals surface area contributed by atoms with Crippen LogP contribution in [0, 0.1) is 13.8 Å². The summed E-state index contributed by atoms with van der Waals surface area (Å²) in [7, 11) is 0. The van der Waals surface area contributed by atoms with Gasteiger partial charge in [-0.1, -0.05) is 0 Å². The van der Waals surface area contributed by atoms with Gasteiger partial charge in [0.1, 0.15) is 10.5 Å². The van der Waals surface area contributed by atoms with Crippen molar-refractivity contribution in [3.63, 3.8) is 0 Å². The second kappa shape index (κ2) is 3.42. The molecule has 0 unspecified atom stereocenters. The lowest BCUT2D eigenvalue weighted by atomic mass is 10.1. The molecule has 0 spiro atoms. The van der Waals surface area contributed by atoms with Crippen molar-refractivity contribution < 1.29 is 0 Å². The highest BCUT2D eigenvalue weighted by Crippen LogP contribution is 2.27. The SMILES string of the molecule is Cc1sc2c(=O)n3c(nc2c1C)CCCC3. The van der Waals surface area contributed by atoms with Crippen LogP contribution in [0.3, 0.4) is 0 Å². The van der Waals surface area contributed by atoms with E-state index in [2.05, 4.69) is 18.8 Å². The maximum absolute atomic E-state index is 12.3. The molecule has 2 aromatic rings. The molecule has 0 aromatic carbocycles. The van der Waals surface area contributed by atoms with Crippen molar-refractivity contribution in [1.29, 1.82) is 0 Å². The Labute approximate surface area is 97.7 Å². The number of nitrogens with zero attached hydrogens (tertiary/aromatic N) is 2. The molecule has 0 radical (unpaired) electrons.